The van der Waals surface area contributed by atoms with Gasteiger partial charge in [-0.2, -0.15) is 0 Å². The molecule has 7 aromatic carbocycles. The van der Waals surface area contributed by atoms with E-state index in [1.54, 1.807) is 0 Å². The van der Waals surface area contributed by atoms with Crippen molar-refractivity contribution >= 4 is 43.6 Å². The van der Waals surface area contributed by atoms with E-state index in [9.17, 15) is 0 Å². The lowest BCUT2D eigenvalue weighted by Gasteiger charge is -2.21. The lowest BCUT2D eigenvalue weighted by molar-refractivity contribution is 0.476. The van der Waals surface area contributed by atoms with Crippen LogP contribution in [0.3, 0.4) is 0 Å². The zero-order chi connectivity index (χ0) is 29.5. The van der Waals surface area contributed by atoms with Gasteiger partial charge in [0.25, 0.3) is 0 Å². The largest absolute Gasteiger partial charge is 0.453 e. The van der Waals surface area contributed by atoms with Crippen molar-refractivity contribution in [3.8, 4) is 45.1 Å². The molecule has 0 fully saturated rings. The quantitative estimate of drug-likeness (QED) is 0.205. The zero-order valence-corrected chi connectivity index (χ0v) is 24.3. The molecule has 9 aromatic rings. The standard InChI is InChI=1S/C42H26N2O/c1-4-18-36-32(15-1)33-16-2-5-19-37(33)43(36)31-14-10-13-29(24-31)27-11-9-12-28(23-27)30-25-35-34-17-3-6-20-38(34)44-39-21-7-8-22-40(39)45-41(26-30)42(35)44/h1-26H. The van der Waals surface area contributed by atoms with Crippen LogP contribution in [-0.2, 0) is 0 Å². The van der Waals surface area contributed by atoms with Gasteiger partial charge in [0, 0.05) is 27.2 Å². The molecule has 0 N–H and O–H groups in total. The minimum Gasteiger partial charge on any atom is -0.453 e. The molecular formula is C42H26N2O. The molecular weight excluding hydrogens is 548 g/mol. The van der Waals surface area contributed by atoms with Gasteiger partial charge in [-0.1, -0.05) is 97.1 Å². The van der Waals surface area contributed by atoms with Crippen LogP contribution < -0.4 is 4.74 Å². The van der Waals surface area contributed by atoms with Crippen LogP contribution in [-0.4, -0.2) is 9.13 Å². The fourth-order valence-electron chi connectivity index (χ4n) is 7.31. The maximum absolute atomic E-state index is 6.56. The van der Waals surface area contributed by atoms with Crippen molar-refractivity contribution in [1.29, 1.82) is 0 Å². The number of fused-ring (bicyclic) bond motifs is 8. The van der Waals surface area contributed by atoms with Crippen molar-refractivity contribution in [3.63, 3.8) is 0 Å². The van der Waals surface area contributed by atoms with E-state index in [0.29, 0.717) is 0 Å². The van der Waals surface area contributed by atoms with Crippen LogP contribution >= 0.6 is 0 Å². The summed E-state index contributed by atoms with van der Waals surface area (Å²) in [5, 5.41) is 4.97. The second kappa shape index (κ2) is 9.22. The van der Waals surface area contributed by atoms with Crippen molar-refractivity contribution in [3.05, 3.63) is 158 Å². The number of ether oxygens (including phenoxy) is 1. The summed E-state index contributed by atoms with van der Waals surface area (Å²) in [6.45, 7) is 0. The Balaban J connectivity index is 1.13. The predicted octanol–water partition coefficient (Wildman–Crippen LogP) is 11.3. The second-order valence-electron chi connectivity index (χ2n) is 11.8. The Morgan fingerprint density at radius 1 is 0.356 bits per heavy atom. The fraction of sp³-hybridized carbons (Fsp3) is 0. The van der Waals surface area contributed by atoms with Crippen LogP contribution in [0.1, 0.15) is 0 Å². The van der Waals surface area contributed by atoms with E-state index in [1.165, 1.54) is 49.2 Å². The summed E-state index contributed by atoms with van der Waals surface area (Å²) >= 11 is 0. The fourth-order valence-corrected chi connectivity index (χ4v) is 7.31. The molecule has 45 heavy (non-hydrogen) atoms. The van der Waals surface area contributed by atoms with Gasteiger partial charge in [0.15, 0.2) is 11.5 Å². The summed E-state index contributed by atoms with van der Waals surface area (Å²) in [5.41, 5.74) is 11.6. The average Bonchev–Trinajstić information content (AvgIpc) is 3.63. The number of hydrogen-bond acceptors (Lipinski definition) is 1. The van der Waals surface area contributed by atoms with E-state index < -0.39 is 0 Å². The lowest BCUT2D eigenvalue weighted by Crippen LogP contribution is -2.03. The molecule has 2 aromatic heterocycles. The number of nitrogens with zero attached hydrogens (tertiary/aromatic N) is 2. The number of para-hydroxylation sites is 5. The molecule has 1 aliphatic heterocycles. The van der Waals surface area contributed by atoms with Gasteiger partial charge in [0.1, 0.15) is 0 Å². The molecule has 0 bridgehead atoms. The first kappa shape index (κ1) is 24.4. The highest BCUT2D eigenvalue weighted by atomic mass is 16.5. The third-order valence-electron chi connectivity index (χ3n) is 9.27. The van der Waals surface area contributed by atoms with E-state index in [0.717, 1.165) is 39.5 Å². The third-order valence-corrected chi connectivity index (χ3v) is 9.27. The molecule has 10 rings (SSSR count). The molecule has 0 radical (unpaired) electrons. The molecule has 0 atom stereocenters. The highest BCUT2D eigenvalue weighted by molar-refractivity contribution is 6.13. The van der Waals surface area contributed by atoms with Crippen molar-refractivity contribution < 1.29 is 4.74 Å². The van der Waals surface area contributed by atoms with Crippen molar-refractivity contribution in [2.75, 3.05) is 0 Å². The monoisotopic (exact) mass is 574 g/mol. The Morgan fingerprint density at radius 3 is 1.64 bits per heavy atom. The van der Waals surface area contributed by atoms with Crippen LogP contribution in [0.25, 0.3) is 77.2 Å². The van der Waals surface area contributed by atoms with E-state index in [2.05, 4.69) is 161 Å². The molecule has 3 heterocycles. The van der Waals surface area contributed by atoms with Gasteiger partial charge in [-0.15, -0.1) is 0 Å². The highest BCUT2D eigenvalue weighted by Gasteiger charge is 2.24. The number of rotatable bonds is 3. The predicted molar refractivity (Wildman–Crippen MR) is 186 cm³/mol. The van der Waals surface area contributed by atoms with Crippen LogP contribution in [0, 0.1) is 0 Å². The van der Waals surface area contributed by atoms with E-state index in [4.69, 9.17) is 4.74 Å². The van der Waals surface area contributed by atoms with Crippen molar-refractivity contribution in [2.24, 2.45) is 0 Å². The van der Waals surface area contributed by atoms with Gasteiger partial charge < -0.3 is 13.9 Å². The maximum atomic E-state index is 6.56. The molecule has 3 heteroatoms. The normalized spacial score (nSPS) is 12.2. The van der Waals surface area contributed by atoms with Gasteiger partial charge in [-0.05, 0) is 82.9 Å². The third kappa shape index (κ3) is 3.52. The van der Waals surface area contributed by atoms with Crippen molar-refractivity contribution in [2.45, 2.75) is 0 Å². The Kier molecular flexibility index (Phi) is 5.00. The first-order chi connectivity index (χ1) is 22.3. The Morgan fingerprint density at radius 2 is 0.911 bits per heavy atom. The van der Waals surface area contributed by atoms with Crippen LogP contribution in [0.15, 0.2) is 158 Å². The smallest absolute Gasteiger partial charge is 0.152 e. The summed E-state index contributed by atoms with van der Waals surface area (Å²) in [5.74, 6) is 1.76. The summed E-state index contributed by atoms with van der Waals surface area (Å²) in [7, 11) is 0. The summed E-state index contributed by atoms with van der Waals surface area (Å²) in [6, 6.07) is 56.5. The molecule has 0 aliphatic carbocycles. The number of hydrogen-bond donors (Lipinski definition) is 0. The molecule has 0 spiro atoms. The van der Waals surface area contributed by atoms with Gasteiger partial charge in [0.2, 0.25) is 0 Å². The molecule has 1 aliphatic rings. The molecule has 210 valence electrons. The van der Waals surface area contributed by atoms with Crippen molar-refractivity contribution in [1.82, 2.24) is 9.13 Å². The van der Waals surface area contributed by atoms with Gasteiger partial charge in [-0.25, -0.2) is 0 Å². The SMILES string of the molecule is c1cc(-c2cccc(-n3c4ccccc4c4ccccc43)c2)cc(-c2cc3c4c(c2)c2ccccc2n4-c2ccccc2O3)c1. The Hall–Kier alpha value is -6.06. The second-order valence-corrected chi connectivity index (χ2v) is 11.8. The number of aromatic nitrogens is 2. The van der Waals surface area contributed by atoms with Crippen LogP contribution in [0.4, 0.5) is 0 Å². The van der Waals surface area contributed by atoms with E-state index in [1.807, 2.05) is 6.07 Å². The summed E-state index contributed by atoms with van der Waals surface area (Å²) < 4.78 is 11.3. The minimum absolute atomic E-state index is 0.875. The molecule has 0 unspecified atom stereocenters. The first-order valence-electron chi connectivity index (χ1n) is 15.4. The molecule has 3 nitrogen and oxygen atoms in total. The van der Waals surface area contributed by atoms with Gasteiger partial charge >= 0.3 is 0 Å². The summed E-state index contributed by atoms with van der Waals surface area (Å²) in [4.78, 5) is 0. The first-order valence-corrected chi connectivity index (χ1v) is 15.4. The highest BCUT2D eigenvalue weighted by Crippen LogP contribution is 2.47. The maximum Gasteiger partial charge on any atom is 0.152 e. The van der Waals surface area contributed by atoms with E-state index in [-0.39, 0.29) is 0 Å². The average molecular weight is 575 g/mol. The van der Waals surface area contributed by atoms with Gasteiger partial charge in [-0.3, -0.25) is 0 Å². The van der Waals surface area contributed by atoms with Crippen LogP contribution in [0.5, 0.6) is 11.5 Å². The Labute approximate surface area is 259 Å². The molecule has 0 saturated carbocycles. The summed E-state index contributed by atoms with van der Waals surface area (Å²) in [6.07, 6.45) is 0. The van der Waals surface area contributed by atoms with Gasteiger partial charge in [0.05, 0.1) is 27.8 Å². The minimum atomic E-state index is 0.875. The number of benzene rings is 7. The Bertz CT molecular complexity index is 2580. The zero-order valence-electron chi connectivity index (χ0n) is 24.3. The molecule has 0 saturated heterocycles. The topological polar surface area (TPSA) is 19.1 Å². The lowest BCUT2D eigenvalue weighted by atomic mass is 9.97. The van der Waals surface area contributed by atoms with E-state index >= 15 is 0 Å². The molecule has 0 amide bonds. The van der Waals surface area contributed by atoms with Crippen LogP contribution in [0.2, 0.25) is 0 Å².